The zero-order valence-electron chi connectivity index (χ0n) is 12.9. The van der Waals surface area contributed by atoms with Crippen LogP contribution in [0.15, 0.2) is 53.7 Å². The highest BCUT2D eigenvalue weighted by Gasteiger charge is 2.31. The molecule has 1 fully saturated rings. The molecule has 0 radical (unpaired) electrons. The lowest BCUT2D eigenvalue weighted by Crippen LogP contribution is -2.15. The van der Waals surface area contributed by atoms with Gasteiger partial charge in [-0.1, -0.05) is 28.9 Å². The number of carbonyl (C=O) groups is 1. The van der Waals surface area contributed by atoms with Crippen molar-refractivity contribution in [2.45, 2.75) is 19.4 Å². The molecule has 0 heterocycles. The predicted molar refractivity (Wildman–Crippen MR) is 91.8 cm³/mol. The van der Waals surface area contributed by atoms with Crippen molar-refractivity contribution in [2.75, 3.05) is 0 Å². The maximum Gasteiger partial charge on any atom is 0.338 e. The number of rotatable bonds is 6. The molecule has 5 nitrogen and oxygen atoms in total. The molecule has 0 amide bonds. The Labute approximate surface area is 145 Å². The van der Waals surface area contributed by atoms with Crippen molar-refractivity contribution in [1.82, 2.24) is 0 Å². The number of nitrogens with zero attached hydrogens (tertiary/aromatic N) is 1. The van der Waals surface area contributed by atoms with Crippen molar-refractivity contribution in [3.63, 3.8) is 0 Å². The smallest absolute Gasteiger partial charge is 0.338 e. The largest absolute Gasteiger partial charge is 0.489 e. The molecule has 124 valence electrons. The molecule has 1 aliphatic rings. The minimum absolute atomic E-state index is 0.00908. The van der Waals surface area contributed by atoms with Gasteiger partial charge in [0.25, 0.3) is 0 Å². The highest BCUT2D eigenvalue weighted by molar-refractivity contribution is 6.30. The Balaban J connectivity index is 1.55. The normalized spacial score (nSPS) is 14.3. The summed E-state index contributed by atoms with van der Waals surface area (Å²) in [5.41, 5.74) is 7.50. The summed E-state index contributed by atoms with van der Waals surface area (Å²) in [5, 5.41) is 4.37. The zero-order chi connectivity index (χ0) is 16.9. The highest BCUT2D eigenvalue weighted by Crippen LogP contribution is 2.30. The fraction of sp³-hybridized carbons (Fsp3) is 0.222. The second-order valence-corrected chi connectivity index (χ2v) is 6.04. The first-order valence-electron chi connectivity index (χ1n) is 7.64. The Morgan fingerprint density at radius 2 is 1.79 bits per heavy atom. The molecule has 2 aromatic carbocycles. The van der Waals surface area contributed by atoms with Crippen molar-refractivity contribution < 1.29 is 14.4 Å². The Hall–Kier alpha value is -2.53. The van der Waals surface area contributed by atoms with E-state index in [-0.39, 0.29) is 17.7 Å². The molecule has 0 unspecified atom stereocenters. The second-order valence-electron chi connectivity index (χ2n) is 5.60. The molecule has 24 heavy (non-hydrogen) atoms. The summed E-state index contributed by atoms with van der Waals surface area (Å²) in [7, 11) is 0. The Bertz CT molecular complexity index is 738. The first-order chi connectivity index (χ1) is 11.6. The number of ether oxygens (including phenoxy) is 1. The van der Waals surface area contributed by atoms with Gasteiger partial charge in [-0.2, -0.15) is 0 Å². The predicted octanol–water partition coefficient (Wildman–Crippen LogP) is 3.49. The van der Waals surface area contributed by atoms with Gasteiger partial charge < -0.3 is 15.3 Å². The van der Waals surface area contributed by atoms with Gasteiger partial charge >= 0.3 is 5.97 Å². The first-order valence-corrected chi connectivity index (χ1v) is 8.01. The first kappa shape index (κ1) is 16.3. The van der Waals surface area contributed by atoms with Crippen molar-refractivity contribution in [3.8, 4) is 5.75 Å². The number of halogens is 1. The summed E-state index contributed by atoms with van der Waals surface area (Å²) in [6.45, 7) is 0.444. The molecule has 0 saturated heterocycles. The van der Waals surface area contributed by atoms with Crippen molar-refractivity contribution in [2.24, 2.45) is 16.8 Å². The van der Waals surface area contributed by atoms with E-state index in [1.165, 1.54) is 0 Å². The molecule has 0 bridgehead atoms. The van der Waals surface area contributed by atoms with Gasteiger partial charge in [-0.05, 0) is 54.8 Å². The lowest BCUT2D eigenvalue weighted by Gasteiger charge is -2.07. The second kappa shape index (κ2) is 7.36. The molecule has 1 aliphatic carbocycles. The van der Waals surface area contributed by atoms with Crippen molar-refractivity contribution in [1.29, 1.82) is 0 Å². The summed E-state index contributed by atoms with van der Waals surface area (Å²) in [4.78, 5) is 16.2. The van der Waals surface area contributed by atoms with Crippen LogP contribution in [-0.4, -0.2) is 11.8 Å². The molecule has 6 heteroatoms. The quantitative estimate of drug-likeness (QED) is 0.377. The van der Waals surface area contributed by atoms with Crippen molar-refractivity contribution in [3.05, 3.63) is 64.7 Å². The van der Waals surface area contributed by atoms with Crippen LogP contribution in [0.4, 0.5) is 0 Å². The molecule has 0 spiro atoms. The van der Waals surface area contributed by atoms with Crippen LogP contribution in [0, 0.1) is 5.92 Å². The van der Waals surface area contributed by atoms with Crippen LogP contribution >= 0.6 is 11.6 Å². The molecular weight excluding hydrogens is 328 g/mol. The maximum atomic E-state index is 11.4. The number of nitrogens with two attached hydrogens (primary N) is 1. The van der Waals surface area contributed by atoms with E-state index < -0.39 is 0 Å². The Morgan fingerprint density at radius 1 is 1.12 bits per heavy atom. The van der Waals surface area contributed by atoms with Crippen molar-refractivity contribution >= 4 is 23.4 Å². The van der Waals surface area contributed by atoms with Crippen LogP contribution in [0.25, 0.3) is 0 Å². The van der Waals surface area contributed by atoms with Gasteiger partial charge in [0.05, 0.1) is 5.92 Å². The van der Waals surface area contributed by atoms with E-state index in [2.05, 4.69) is 5.16 Å². The molecule has 3 rings (SSSR count). The zero-order valence-corrected chi connectivity index (χ0v) is 13.7. The minimum atomic E-state index is -0.319. The van der Waals surface area contributed by atoms with Gasteiger partial charge in [0.2, 0.25) is 0 Å². The van der Waals surface area contributed by atoms with E-state index in [1.54, 1.807) is 24.3 Å². The van der Waals surface area contributed by atoms with Crippen LogP contribution in [0.2, 0.25) is 5.02 Å². The topological polar surface area (TPSA) is 73.9 Å². The van der Waals surface area contributed by atoms with E-state index in [1.807, 2.05) is 24.3 Å². The fourth-order valence-electron chi connectivity index (χ4n) is 2.01. The number of oxime groups is 1. The molecule has 0 aromatic heterocycles. The molecule has 2 aromatic rings. The Morgan fingerprint density at radius 3 is 2.42 bits per heavy atom. The molecule has 0 atom stereocenters. The van der Waals surface area contributed by atoms with E-state index in [0.717, 1.165) is 18.4 Å². The number of hydrogen-bond donors (Lipinski definition) is 1. The van der Waals surface area contributed by atoms with Gasteiger partial charge in [0.15, 0.2) is 5.84 Å². The minimum Gasteiger partial charge on any atom is -0.489 e. The third-order valence-corrected chi connectivity index (χ3v) is 3.87. The van der Waals surface area contributed by atoms with Gasteiger partial charge in [-0.25, -0.2) is 4.79 Å². The third-order valence-electron chi connectivity index (χ3n) is 3.61. The van der Waals surface area contributed by atoms with Gasteiger partial charge in [0.1, 0.15) is 12.4 Å². The monoisotopic (exact) mass is 344 g/mol. The number of carbonyl (C=O) groups excluding carboxylic acids is 1. The Kier molecular flexibility index (Phi) is 5.01. The summed E-state index contributed by atoms with van der Waals surface area (Å²) < 4.78 is 5.70. The fourth-order valence-corrected chi connectivity index (χ4v) is 2.14. The van der Waals surface area contributed by atoms with Crippen LogP contribution in [-0.2, 0) is 16.2 Å². The molecule has 2 N–H and O–H groups in total. The standard InChI is InChI=1S/C18H17ClN2O3/c19-15-7-1-12(2-8-15)11-23-16-9-5-13(6-10-16)17(20)21-24-18(22)14-3-4-14/h1-2,5-10,14H,3-4,11H2,(H2,20,21). The number of benzene rings is 2. The van der Waals surface area contributed by atoms with Gasteiger partial charge in [-0.15, -0.1) is 0 Å². The number of amidine groups is 1. The van der Waals surface area contributed by atoms with E-state index in [0.29, 0.717) is 22.9 Å². The number of hydrogen-bond acceptors (Lipinski definition) is 4. The molecule has 0 aliphatic heterocycles. The average Bonchev–Trinajstić information content (AvgIpc) is 3.44. The SMILES string of the molecule is NC(=NOC(=O)C1CC1)c1ccc(OCc2ccc(Cl)cc2)cc1. The van der Waals surface area contributed by atoms with Gasteiger partial charge in [0, 0.05) is 10.6 Å². The molecule has 1 saturated carbocycles. The highest BCUT2D eigenvalue weighted by atomic mass is 35.5. The third kappa shape index (κ3) is 4.49. The lowest BCUT2D eigenvalue weighted by molar-refractivity contribution is -0.145. The lowest BCUT2D eigenvalue weighted by atomic mass is 10.2. The van der Waals surface area contributed by atoms with E-state index in [9.17, 15) is 4.79 Å². The summed E-state index contributed by atoms with van der Waals surface area (Å²) in [6.07, 6.45) is 1.74. The van der Waals surface area contributed by atoms with E-state index >= 15 is 0 Å². The van der Waals surface area contributed by atoms with Crippen LogP contribution in [0.1, 0.15) is 24.0 Å². The van der Waals surface area contributed by atoms with Crippen LogP contribution in [0.5, 0.6) is 5.75 Å². The summed E-state index contributed by atoms with van der Waals surface area (Å²) in [6, 6.07) is 14.6. The molecular formula is C18H17ClN2O3. The van der Waals surface area contributed by atoms with Gasteiger partial charge in [-0.3, -0.25) is 0 Å². The van der Waals surface area contributed by atoms with Crippen LogP contribution in [0.3, 0.4) is 0 Å². The van der Waals surface area contributed by atoms with Crippen LogP contribution < -0.4 is 10.5 Å². The van der Waals surface area contributed by atoms with E-state index in [4.69, 9.17) is 26.9 Å². The maximum absolute atomic E-state index is 11.4. The average molecular weight is 345 g/mol. The summed E-state index contributed by atoms with van der Waals surface area (Å²) in [5.74, 6) is 0.538. The summed E-state index contributed by atoms with van der Waals surface area (Å²) >= 11 is 5.85.